The summed E-state index contributed by atoms with van der Waals surface area (Å²) >= 11 is 1.64. The fourth-order valence-corrected chi connectivity index (χ4v) is 3.52. The first-order valence-electron chi connectivity index (χ1n) is 7.25. The summed E-state index contributed by atoms with van der Waals surface area (Å²) in [6, 6.07) is 0.138. The summed E-state index contributed by atoms with van der Waals surface area (Å²) in [7, 11) is 1.96. The summed E-state index contributed by atoms with van der Waals surface area (Å²) in [5, 5.41) is 7.14. The van der Waals surface area contributed by atoms with Crippen molar-refractivity contribution in [1.82, 2.24) is 24.7 Å². The quantitative estimate of drug-likeness (QED) is 0.734. The van der Waals surface area contributed by atoms with E-state index in [1.165, 1.54) is 0 Å². The van der Waals surface area contributed by atoms with E-state index in [1.54, 1.807) is 17.7 Å². The molecule has 1 saturated heterocycles. The predicted octanol–water partition coefficient (Wildman–Crippen LogP) is 2.19. The molecule has 1 aliphatic heterocycles. The van der Waals surface area contributed by atoms with Crippen molar-refractivity contribution >= 4 is 16.5 Å². The second-order valence-electron chi connectivity index (χ2n) is 5.39. The van der Waals surface area contributed by atoms with Crippen molar-refractivity contribution in [2.75, 3.05) is 11.4 Å². The molecule has 114 valence electrons. The molecule has 22 heavy (non-hydrogen) atoms. The molecule has 0 spiro atoms. The van der Waals surface area contributed by atoms with E-state index in [0.29, 0.717) is 18.1 Å². The lowest BCUT2D eigenvalue weighted by Crippen LogP contribution is -2.22. The average Bonchev–Trinajstić information content (AvgIpc) is 3.26. The molecule has 8 heteroatoms. The van der Waals surface area contributed by atoms with Gasteiger partial charge in [-0.1, -0.05) is 5.16 Å². The smallest absolute Gasteiger partial charge is 0.249 e. The summed E-state index contributed by atoms with van der Waals surface area (Å²) in [4.78, 5) is 15.3. The summed E-state index contributed by atoms with van der Waals surface area (Å²) in [6.45, 7) is 0.984. The van der Waals surface area contributed by atoms with E-state index in [4.69, 9.17) is 4.52 Å². The van der Waals surface area contributed by atoms with Crippen molar-refractivity contribution < 1.29 is 4.52 Å². The fourth-order valence-electron chi connectivity index (χ4n) is 2.80. The topological polar surface area (TPSA) is 72.9 Å². The van der Waals surface area contributed by atoms with Gasteiger partial charge >= 0.3 is 0 Å². The van der Waals surface area contributed by atoms with Gasteiger partial charge in [0.05, 0.1) is 12.7 Å². The Morgan fingerprint density at radius 3 is 3.18 bits per heavy atom. The third kappa shape index (κ3) is 2.39. The van der Waals surface area contributed by atoms with Crippen molar-refractivity contribution in [2.45, 2.75) is 25.3 Å². The number of imidazole rings is 1. The minimum atomic E-state index is 0.138. The maximum Gasteiger partial charge on any atom is 0.249 e. The molecule has 0 saturated carbocycles. The van der Waals surface area contributed by atoms with Crippen LogP contribution in [0.15, 0.2) is 28.6 Å². The van der Waals surface area contributed by atoms with E-state index >= 15 is 0 Å². The van der Waals surface area contributed by atoms with Gasteiger partial charge in [0.15, 0.2) is 11.0 Å². The largest absolute Gasteiger partial charge is 0.337 e. The Bertz CT molecular complexity index is 749. The normalized spacial score (nSPS) is 18.2. The predicted molar refractivity (Wildman–Crippen MR) is 81.7 cm³/mol. The summed E-state index contributed by atoms with van der Waals surface area (Å²) < 4.78 is 7.48. The first kappa shape index (κ1) is 13.4. The molecule has 0 aromatic carbocycles. The molecule has 1 unspecified atom stereocenters. The second kappa shape index (κ2) is 5.53. The van der Waals surface area contributed by atoms with Gasteiger partial charge in [-0.3, -0.25) is 0 Å². The summed E-state index contributed by atoms with van der Waals surface area (Å²) in [5.74, 6) is 1.38. The van der Waals surface area contributed by atoms with Crippen LogP contribution in [0.3, 0.4) is 0 Å². The van der Waals surface area contributed by atoms with Crippen LogP contribution in [-0.2, 0) is 13.5 Å². The number of hydrogen-bond donors (Lipinski definition) is 0. The second-order valence-corrected chi connectivity index (χ2v) is 6.26. The number of thiazole rings is 1. The highest BCUT2D eigenvalue weighted by atomic mass is 32.1. The molecule has 1 aliphatic rings. The van der Waals surface area contributed by atoms with Crippen molar-refractivity contribution in [3.8, 4) is 0 Å². The Morgan fingerprint density at radius 1 is 1.45 bits per heavy atom. The maximum atomic E-state index is 5.51. The van der Waals surface area contributed by atoms with Gasteiger partial charge < -0.3 is 14.0 Å². The lowest BCUT2D eigenvalue weighted by molar-refractivity contribution is 0.351. The Hall–Kier alpha value is -2.22. The molecule has 0 N–H and O–H groups in total. The van der Waals surface area contributed by atoms with Crippen LogP contribution >= 0.6 is 11.3 Å². The highest BCUT2D eigenvalue weighted by molar-refractivity contribution is 7.13. The number of nitrogens with zero attached hydrogens (tertiary/aromatic N) is 6. The Morgan fingerprint density at radius 2 is 2.41 bits per heavy atom. The first-order chi connectivity index (χ1) is 10.8. The van der Waals surface area contributed by atoms with Gasteiger partial charge in [-0.15, -0.1) is 11.3 Å². The molecule has 1 fully saturated rings. The van der Waals surface area contributed by atoms with Crippen LogP contribution in [0.1, 0.15) is 36.3 Å². The van der Waals surface area contributed by atoms with Crippen molar-refractivity contribution in [1.29, 1.82) is 0 Å². The van der Waals surface area contributed by atoms with Crippen molar-refractivity contribution in [3.05, 3.63) is 41.5 Å². The van der Waals surface area contributed by atoms with Crippen LogP contribution in [0.4, 0.5) is 5.13 Å². The van der Waals surface area contributed by atoms with Crippen LogP contribution in [0, 0.1) is 0 Å². The van der Waals surface area contributed by atoms with Crippen molar-refractivity contribution in [3.63, 3.8) is 0 Å². The van der Waals surface area contributed by atoms with Gasteiger partial charge in [-0.2, -0.15) is 4.98 Å². The third-order valence-electron chi connectivity index (χ3n) is 3.94. The Balaban J connectivity index is 1.55. The Labute approximate surface area is 131 Å². The molecule has 0 radical (unpaired) electrons. The molecule has 3 aromatic rings. The number of anilines is 1. The van der Waals surface area contributed by atoms with Crippen LogP contribution in [0.2, 0.25) is 0 Å². The summed E-state index contributed by atoms with van der Waals surface area (Å²) in [5.41, 5.74) is 1.07. The minimum Gasteiger partial charge on any atom is -0.337 e. The van der Waals surface area contributed by atoms with E-state index in [0.717, 1.165) is 30.2 Å². The zero-order valence-electron chi connectivity index (χ0n) is 12.2. The van der Waals surface area contributed by atoms with Gasteiger partial charge in [-0.05, 0) is 12.8 Å². The van der Waals surface area contributed by atoms with Crippen LogP contribution in [-0.4, -0.2) is 31.2 Å². The molecular formula is C14H16N6OS. The number of aryl methyl sites for hydroxylation is 1. The molecule has 3 aromatic heterocycles. The highest BCUT2D eigenvalue weighted by Crippen LogP contribution is 2.36. The molecular weight excluding hydrogens is 300 g/mol. The Kier molecular flexibility index (Phi) is 3.38. The van der Waals surface area contributed by atoms with E-state index in [2.05, 4.69) is 25.0 Å². The first-order valence-corrected chi connectivity index (χ1v) is 8.13. The van der Waals surface area contributed by atoms with Gasteiger partial charge in [-0.25, -0.2) is 9.97 Å². The molecule has 0 bridgehead atoms. The van der Waals surface area contributed by atoms with E-state index < -0.39 is 0 Å². The zero-order chi connectivity index (χ0) is 14.9. The van der Waals surface area contributed by atoms with Crippen LogP contribution in [0.5, 0.6) is 0 Å². The molecule has 0 amide bonds. The lowest BCUT2D eigenvalue weighted by atomic mass is 10.2. The zero-order valence-corrected chi connectivity index (χ0v) is 13.0. The highest BCUT2D eigenvalue weighted by Gasteiger charge is 2.32. The van der Waals surface area contributed by atoms with E-state index in [1.807, 2.05) is 29.4 Å². The monoisotopic (exact) mass is 316 g/mol. The average molecular weight is 316 g/mol. The van der Waals surface area contributed by atoms with Gasteiger partial charge in [0, 0.05) is 37.1 Å². The van der Waals surface area contributed by atoms with Crippen LogP contribution in [0.25, 0.3) is 0 Å². The minimum absolute atomic E-state index is 0.138. The van der Waals surface area contributed by atoms with Gasteiger partial charge in [0.1, 0.15) is 6.04 Å². The number of rotatable bonds is 4. The maximum absolute atomic E-state index is 5.51. The van der Waals surface area contributed by atoms with Crippen LogP contribution < -0.4 is 4.90 Å². The lowest BCUT2D eigenvalue weighted by Gasteiger charge is -2.20. The standard InChI is InChI=1S/C14H16N6OS/c1-19-9-15-8-10(19)7-12-17-13(21-18-12)11-3-2-5-20(11)14-16-4-6-22-14/h4,6,8-9,11H,2-3,5,7H2,1H3. The molecule has 4 heterocycles. The van der Waals surface area contributed by atoms with Crippen molar-refractivity contribution in [2.24, 2.45) is 7.05 Å². The number of hydrogen-bond acceptors (Lipinski definition) is 7. The van der Waals surface area contributed by atoms with E-state index in [9.17, 15) is 0 Å². The van der Waals surface area contributed by atoms with Gasteiger partial charge in [0.2, 0.25) is 5.89 Å². The molecule has 0 aliphatic carbocycles. The summed E-state index contributed by atoms with van der Waals surface area (Å²) in [6.07, 6.45) is 8.20. The molecule has 1 atom stereocenters. The van der Waals surface area contributed by atoms with Gasteiger partial charge in [0.25, 0.3) is 0 Å². The number of aromatic nitrogens is 5. The SMILES string of the molecule is Cn1cncc1Cc1noc(C2CCCN2c2nccs2)n1. The molecule has 4 rings (SSSR count). The third-order valence-corrected chi connectivity index (χ3v) is 4.75. The van der Waals surface area contributed by atoms with E-state index in [-0.39, 0.29) is 6.04 Å². The fraction of sp³-hybridized carbons (Fsp3) is 0.429. The molecule has 7 nitrogen and oxygen atoms in total.